The van der Waals surface area contributed by atoms with Crippen LogP contribution in [0.3, 0.4) is 0 Å². The Bertz CT molecular complexity index is 437. The first-order valence-electron chi connectivity index (χ1n) is 7.89. The van der Waals surface area contributed by atoms with Gasteiger partial charge in [-0.1, -0.05) is 12.8 Å². The monoisotopic (exact) mass is 328 g/mol. The van der Waals surface area contributed by atoms with Gasteiger partial charge in [0, 0.05) is 24.1 Å². The SMILES string of the molecule is CC(CCC(=O)O)NC(=O)C1CSCN1C(=O)C1CCCC1. The van der Waals surface area contributed by atoms with E-state index in [0.717, 1.165) is 25.7 Å². The maximum absolute atomic E-state index is 12.5. The Kier molecular flexibility index (Phi) is 6.11. The summed E-state index contributed by atoms with van der Waals surface area (Å²) in [6.07, 6.45) is 4.50. The molecule has 0 aromatic rings. The van der Waals surface area contributed by atoms with Gasteiger partial charge in [0.2, 0.25) is 11.8 Å². The lowest BCUT2D eigenvalue weighted by Crippen LogP contribution is -2.50. The molecule has 2 atom stereocenters. The number of carbonyl (C=O) groups excluding carboxylic acids is 2. The summed E-state index contributed by atoms with van der Waals surface area (Å²) in [5, 5.41) is 11.5. The fourth-order valence-electron chi connectivity index (χ4n) is 3.04. The minimum absolute atomic E-state index is 0.0333. The average molecular weight is 328 g/mol. The lowest BCUT2D eigenvalue weighted by Gasteiger charge is -2.27. The number of aliphatic carboxylic acids is 1. The minimum Gasteiger partial charge on any atom is -0.481 e. The highest BCUT2D eigenvalue weighted by molar-refractivity contribution is 7.99. The van der Waals surface area contributed by atoms with Crippen molar-refractivity contribution in [1.29, 1.82) is 0 Å². The molecule has 22 heavy (non-hydrogen) atoms. The van der Waals surface area contributed by atoms with E-state index in [4.69, 9.17) is 5.11 Å². The van der Waals surface area contributed by atoms with Crippen molar-refractivity contribution >= 4 is 29.5 Å². The molecule has 2 rings (SSSR count). The molecule has 1 saturated heterocycles. The first-order valence-corrected chi connectivity index (χ1v) is 9.05. The zero-order chi connectivity index (χ0) is 16.1. The van der Waals surface area contributed by atoms with E-state index < -0.39 is 12.0 Å². The largest absolute Gasteiger partial charge is 0.481 e. The molecule has 0 spiro atoms. The van der Waals surface area contributed by atoms with Gasteiger partial charge in [0.25, 0.3) is 0 Å². The highest BCUT2D eigenvalue weighted by Crippen LogP contribution is 2.30. The van der Waals surface area contributed by atoms with Crippen molar-refractivity contribution in [1.82, 2.24) is 10.2 Å². The van der Waals surface area contributed by atoms with Crippen molar-refractivity contribution in [2.45, 2.75) is 57.5 Å². The van der Waals surface area contributed by atoms with Crippen LogP contribution in [0.1, 0.15) is 45.4 Å². The molecule has 2 unspecified atom stereocenters. The summed E-state index contributed by atoms with van der Waals surface area (Å²) in [5.41, 5.74) is 0. The summed E-state index contributed by atoms with van der Waals surface area (Å²) < 4.78 is 0. The van der Waals surface area contributed by atoms with Gasteiger partial charge in [-0.2, -0.15) is 0 Å². The number of nitrogens with zero attached hydrogens (tertiary/aromatic N) is 1. The van der Waals surface area contributed by atoms with Gasteiger partial charge >= 0.3 is 5.97 Å². The number of rotatable bonds is 6. The van der Waals surface area contributed by atoms with Gasteiger partial charge in [0.1, 0.15) is 6.04 Å². The number of amides is 2. The molecule has 0 bridgehead atoms. The van der Waals surface area contributed by atoms with E-state index in [9.17, 15) is 14.4 Å². The zero-order valence-corrected chi connectivity index (χ0v) is 13.7. The van der Waals surface area contributed by atoms with Crippen molar-refractivity contribution in [2.24, 2.45) is 5.92 Å². The van der Waals surface area contributed by atoms with Crippen LogP contribution in [0.4, 0.5) is 0 Å². The van der Waals surface area contributed by atoms with Crippen LogP contribution in [0.5, 0.6) is 0 Å². The van der Waals surface area contributed by atoms with Gasteiger partial charge in [-0.3, -0.25) is 14.4 Å². The van der Waals surface area contributed by atoms with Gasteiger partial charge in [-0.05, 0) is 26.2 Å². The fourth-order valence-corrected chi connectivity index (χ4v) is 4.20. The molecule has 1 aliphatic heterocycles. The van der Waals surface area contributed by atoms with E-state index in [1.807, 2.05) is 0 Å². The molecule has 2 N–H and O–H groups in total. The number of hydrogen-bond acceptors (Lipinski definition) is 4. The number of nitrogens with one attached hydrogen (secondary N) is 1. The number of hydrogen-bond donors (Lipinski definition) is 2. The number of carboxylic acids is 1. The number of carboxylic acid groups (broad SMARTS) is 1. The van der Waals surface area contributed by atoms with Crippen molar-refractivity contribution in [3.63, 3.8) is 0 Å². The second-order valence-electron chi connectivity index (χ2n) is 6.15. The standard InChI is InChI=1S/C15H24N2O4S/c1-10(6-7-13(18)19)16-14(20)12-8-22-9-17(12)15(21)11-4-2-3-5-11/h10-12H,2-9H2,1H3,(H,16,20)(H,18,19). The molecule has 7 heteroatoms. The lowest BCUT2D eigenvalue weighted by molar-refractivity contribution is -0.141. The van der Waals surface area contributed by atoms with E-state index >= 15 is 0 Å². The molecule has 1 saturated carbocycles. The fraction of sp³-hybridized carbons (Fsp3) is 0.800. The Balaban J connectivity index is 1.87. The van der Waals surface area contributed by atoms with Gasteiger partial charge < -0.3 is 15.3 Å². The second-order valence-corrected chi connectivity index (χ2v) is 7.15. The average Bonchev–Trinajstić information content (AvgIpc) is 3.15. The van der Waals surface area contributed by atoms with Crippen LogP contribution in [0.25, 0.3) is 0 Å². The predicted octanol–water partition coefficient (Wildman–Crippen LogP) is 1.45. The summed E-state index contributed by atoms with van der Waals surface area (Å²) in [5.74, 6) is 0.372. The van der Waals surface area contributed by atoms with E-state index in [1.165, 1.54) is 0 Å². The second kappa shape index (κ2) is 7.85. The summed E-state index contributed by atoms with van der Waals surface area (Å²) >= 11 is 1.60. The Morgan fingerprint density at radius 1 is 1.32 bits per heavy atom. The molecule has 1 heterocycles. The summed E-state index contributed by atoms with van der Waals surface area (Å²) in [6.45, 7) is 1.80. The highest BCUT2D eigenvalue weighted by Gasteiger charge is 2.38. The molecule has 124 valence electrons. The highest BCUT2D eigenvalue weighted by atomic mass is 32.2. The van der Waals surface area contributed by atoms with Gasteiger partial charge in [0.05, 0.1) is 5.88 Å². The van der Waals surface area contributed by atoms with Crippen molar-refractivity contribution in [3.8, 4) is 0 Å². The van der Waals surface area contributed by atoms with Gasteiger partial charge in [-0.15, -0.1) is 11.8 Å². The van der Waals surface area contributed by atoms with Crippen molar-refractivity contribution in [3.05, 3.63) is 0 Å². The third-order valence-corrected chi connectivity index (χ3v) is 5.36. The Hall–Kier alpha value is -1.24. The van der Waals surface area contributed by atoms with Crippen LogP contribution in [-0.4, -0.2) is 51.5 Å². The van der Waals surface area contributed by atoms with E-state index in [2.05, 4.69) is 5.32 Å². The van der Waals surface area contributed by atoms with Crippen LogP contribution in [0.15, 0.2) is 0 Å². The maximum Gasteiger partial charge on any atom is 0.303 e. The van der Waals surface area contributed by atoms with E-state index in [-0.39, 0.29) is 30.2 Å². The molecule has 1 aliphatic carbocycles. The third-order valence-electron chi connectivity index (χ3n) is 4.35. The molecule has 2 aliphatic rings. The maximum atomic E-state index is 12.5. The molecular formula is C15H24N2O4S. The van der Waals surface area contributed by atoms with E-state index in [0.29, 0.717) is 18.1 Å². The molecule has 6 nitrogen and oxygen atoms in total. The predicted molar refractivity (Wildman–Crippen MR) is 84.4 cm³/mol. The smallest absolute Gasteiger partial charge is 0.303 e. The van der Waals surface area contributed by atoms with Crippen LogP contribution in [0.2, 0.25) is 0 Å². The van der Waals surface area contributed by atoms with Gasteiger partial charge in [-0.25, -0.2) is 0 Å². The Morgan fingerprint density at radius 2 is 2.00 bits per heavy atom. The molecule has 0 aromatic carbocycles. The summed E-state index contributed by atoms with van der Waals surface area (Å²) in [4.78, 5) is 37.2. The normalized spacial score (nSPS) is 23.5. The number of thioether (sulfide) groups is 1. The quantitative estimate of drug-likeness (QED) is 0.770. The topological polar surface area (TPSA) is 86.7 Å². The summed E-state index contributed by atoms with van der Waals surface area (Å²) in [7, 11) is 0. The third kappa shape index (κ3) is 4.38. The minimum atomic E-state index is -0.865. The van der Waals surface area contributed by atoms with Crippen LogP contribution < -0.4 is 5.32 Å². The first kappa shape index (κ1) is 17.1. The molecule has 2 amide bonds. The Morgan fingerprint density at radius 3 is 2.64 bits per heavy atom. The molecule has 0 aromatic heterocycles. The number of carbonyl (C=O) groups is 3. The zero-order valence-electron chi connectivity index (χ0n) is 12.9. The molecule has 2 fully saturated rings. The summed E-state index contributed by atoms with van der Waals surface area (Å²) in [6, 6.07) is -0.608. The van der Waals surface area contributed by atoms with Crippen molar-refractivity contribution < 1.29 is 19.5 Å². The molecular weight excluding hydrogens is 304 g/mol. The van der Waals surface area contributed by atoms with Crippen molar-refractivity contribution in [2.75, 3.05) is 11.6 Å². The van der Waals surface area contributed by atoms with E-state index in [1.54, 1.807) is 23.6 Å². The Labute approximate surface area is 135 Å². The van der Waals surface area contributed by atoms with Crippen LogP contribution >= 0.6 is 11.8 Å². The molecule has 0 radical (unpaired) electrons. The van der Waals surface area contributed by atoms with Crippen LogP contribution in [-0.2, 0) is 14.4 Å². The first-order chi connectivity index (χ1) is 10.5. The van der Waals surface area contributed by atoms with Gasteiger partial charge in [0.15, 0.2) is 0 Å². The lowest BCUT2D eigenvalue weighted by atomic mass is 10.1. The van der Waals surface area contributed by atoms with Crippen LogP contribution in [0, 0.1) is 5.92 Å².